The Hall–Kier alpha value is -2.34. The average molecular weight is 274 g/mol. The van der Waals surface area contributed by atoms with Crippen molar-refractivity contribution in [2.24, 2.45) is 0 Å². The molecule has 0 saturated heterocycles. The van der Waals surface area contributed by atoms with E-state index in [9.17, 15) is 4.79 Å². The number of nitrogen functional groups attached to an aromatic ring is 1. The molecule has 20 heavy (non-hydrogen) atoms. The highest BCUT2D eigenvalue weighted by Crippen LogP contribution is 2.15. The smallest absolute Gasteiger partial charge is 0.271 e. The Bertz CT molecular complexity index is 592. The van der Waals surface area contributed by atoms with Gasteiger partial charge < -0.3 is 16.2 Å². The van der Waals surface area contributed by atoms with E-state index >= 15 is 0 Å². The molecule has 2 rings (SSSR count). The van der Waals surface area contributed by atoms with Gasteiger partial charge in [0.15, 0.2) is 5.69 Å². The van der Waals surface area contributed by atoms with Gasteiger partial charge in [-0.1, -0.05) is 12.1 Å². The Kier molecular flexibility index (Phi) is 4.37. The number of aliphatic hydroxyl groups is 1. The lowest BCUT2D eigenvalue weighted by atomic mass is 10.3. The van der Waals surface area contributed by atoms with Crippen molar-refractivity contribution in [3.8, 4) is 5.69 Å². The predicted molar refractivity (Wildman–Crippen MR) is 76.6 cm³/mol. The summed E-state index contributed by atoms with van der Waals surface area (Å²) in [5.41, 5.74) is 7.51. The molecule has 0 aliphatic rings. The molecular formula is C14H18N4O2. The highest BCUT2D eigenvalue weighted by Gasteiger charge is 2.10. The standard InChI is InChI=1S/C14H18N4O2/c1-10(19)6-8-16-14(20)12-7-9-18(17-12)13-5-3-2-4-11(13)15/h2-5,7,9-10,19H,6,8,15H2,1H3,(H,16,20). The van der Waals surface area contributed by atoms with Crippen molar-refractivity contribution in [2.75, 3.05) is 12.3 Å². The van der Waals surface area contributed by atoms with E-state index in [0.29, 0.717) is 24.3 Å². The van der Waals surface area contributed by atoms with Gasteiger partial charge in [-0.25, -0.2) is 4.68 Å². The lowest BCUT2D eigenvalue weighted by molar-refractivity contribution is 0.0940. The second kappa shape index (κ2) is 6.21. The van der Waals surface area contributed by atoms with Gasteiger partial charge in [-0.2, -0.15) is 5.10 Å². The SMILES string of the molecule is CC(O)CCNC(=O)c1ccn(-c2ccccc2N)n1. The molecule has 1 amide bonds. The van der Waals surface area contributed by atoms with Crippen LogP contribution in [0.1, 0.15) is 23.8 Å². The van der Waals surface area contributed by atoms with E-state index in [4.69, 9.17) is 10.8 Å². The normalized spacial score (nSPS) is 12.1. The number of hydrogen-bond acceptors (Lipinski definition) is 4. The fraction of sp³-hybridized carbons (Fsp3) is 0.286. The Balaban J connectivity index is 2.06. The third-order valence-corrected chi connectivity index (χ3v) is 2.85. The number of rotatable bonds is 5. The predicted octanol–water partition coefficient (Wildman–Crippen LogP) is 0.955. The largest absolute Gasteiger partial charge is 0.397 e. The quantitative estimate of drug-likeness (QED) is 0.708. The van der Waals surface area contributed by atoms with E-state index in [2.05, 4.69) is 10.4 Å². The van der Waals surface area contributed by atoms with Crippen molar-refractivity contribution in [1.82, 2.24) is 15.1 Å². The molecule has 0 aliphatic heterocycles. The maximum atomic E-state index is 11.9. The number of nitrogens with one attached hydrogen (secondary N) is 1. The lowest BCUT2D eigenvalue weighted by Gasteiger charge is -2.06. The number of aromatic nitrogens is 2. The van der Waals surface area contributed by atoms with Crippen molar-refractivity contribution in [3.63, 3.8) is 0 Å². The molecule has 0 saturated carbocycles. The number of aliphatic hydroxyl groups excluding tert-OH is 1. The molecule has 1 aromatic heterocycles. The van der Waals surface area contributed by atoms with Gasteiger partial charge in [-0.3, -0.25) is 4.79 Å². The maximum absolute atomic E-state index is 11.9. The fourth-order valence-corrected chi connectivity index (χ4v) is 1.76. The highest BCUT2D eigenvalue weighted by atomic mass is 16.3. The number of nitrogens with zero attached hydrogens (tertiary/aromatic N) is 2. The van der Waals surface area contributed by atoms with Crippen molar-refractivity contribution in [3.05, 3.63) is 42.2 Å². The first-order valence-electron chi connectivity index (χ1n) is 6.44. The van der Waals surface area contributed by atoms with Crippen LogP contribution < -0.4 is 11.1 Å². The van der Waals surface area contributed by atoms with Gasteiger partial charge in [-0.05, 0) is 31.5 Å². The van der Waals surface area contributed by atoms with Gasteiger partial charge in [-0.15, -0.1) is 0 Å². The van der Waals surface area contributed by atoms with Crippen LogP contribution in [0.3, 0.4) is 0 Å². The van der Waals surface area contributed by atoms with Crippen LogP contribution in [0.2, 0.25) is 0 Å². The van der Waals surface area contributed by atoms with Crippen LogP contribution in [0.15, 0.2) is 36.5 Å². The minimum atomic E-state index is -0.433. The molecule has 0 radical (unpaired) electrons. The van der Waals surface area contributed by atoms with Crippen LogP contribution in [0.4, 0.5) is 5.69 Å². The summed E-state index contributed by atoms with van der Waals surface area (Å²) < 4.78 is 1.57. The minimum absolute atomic E-state index is 0.265. The molecule has 1 heterocycles. The minimum Gasteiger partial charge on any atom is -0.397 e. The van der Waals surface area contributed by atoms with Crippen LogP contribution in [-0.4, -0.2) is 33.4 Å². The second-order valence-electron chi connectivity index (χ2n) is 4.60. The van der Waals surface area contributed by atoms with Gasteiger partial charge in [0.25, 0.3) is 5.91 Å². The van der Waals surface area contributed by atoms with Crippen molar-refractivity contribution >= 4 is 11.6 Å². The van der Waals surface area contributed by atoms with Crippen LogP contribution >= 0.6 is 0 Å². The highest BCUT2D eigenvalue weighted by molar-refractivity contribution is 5.92. The van der Waals surface area contributed by atoms with Crippen molar-refractivity contribution < 1.29 is 9.90 Å². The second-order valence-corrected chi connectivity index (χ2v) is 4.60. The van der Waals surface area contributed by atoms with E-state index in [1.165, 1.54) is 0 Å². The van der Waals surface area contributed by atoms with Gasteiger partial charge in [0, 0.05) is 12.7 Å². The molecule has 6 nitrogen and oxygen atoms in total. The van der Waals surface area contributed by atoms with E-state index in [-0.39, 0.29) is 5.91 Å². The zero-order valence-electron chi connectivity index (χ0n) is 11.3. The van der Waals surface area contributed by atoms with E-state index < -0.39 is 6.10 Å². The first kappa shape index (κ1) is 14.1. The average Bonchev–Trinajstić information content (AvgIpc) is 2.88. The summed E-state index contributed by atoms with van der Waals surface area (Å²) >= 11 is 0. The number of hydrogen-bond donors (Lipinski definition) is 3. The van der Waals surface area contributed by atoms with E-state index in [1.807, 2.05) is 18.2 Å². The number of anilines is 1. The first-order chi connectivity index (χ1) is 9.58. The fourth-order valence-electron chi connectivity index (χ4n) is 1.76. The third kappa shape index (κ3) is 3.36. The summed E-state index contributed by atoms with van der Waals surface area (Å²) in [6.07, 6.45) is 1.77. The summed E-state index contributed by atoms with van der Waals surface area (Å²) in [6.45, 7) is 2.09. The molecular weight excluding hydrogens is 256 g/mol. The number of carbonyl (C=O) groups excluding carboxylic acids is 1. The van der Waals surface area contributed by atoms with E-state index in [0.717, 1.165) is 5.69 Å². The molecule has 0 fully saturated rings. The lowest BCUT2D eigenvalue weighted by Crippen LogP contribution is -2.27. The Morgan fingerprint density at radius 1 is 1.45 bits per heavy atom. The van der Waals surface area contributed by atoms with Gasteiger partial charge in [0.2, 0.25) is 0 Å². The number of amides is 1. The summed E-state index contributed by atoms with van der Waals surface area (Å²) in [6, 6.07) is 8.93. The van der Waals surface area contributed by atoms with E-state index in [1.54, 1.807) is 29.9 Å². The first-order valence-corrected chi connectivity index (χ1v) is 6.44. The van der Waals surface area contributed by atoms with Crippen molar-refractivity contribution in [2.45, 2.75) is 19.4 Å². The summed E-state index contributed by atoms with van der Waals surface area (Å²) in [5, 5.41) is 16.0. The van der Waals surface area contributed by atoms with Gasteiger partial charge >= 0.3 is 0 Å². The molecule has 1 atom stereocenters. The molecule has 0 aliphatic carbocycles. The van der Waals surface area contributed by atoms with Crippen LogP contribution in [0.25, 0.3) is 5.69 Å². The summed E-state index contributed by atoms with van der Waals surface area (Å²) in [4.78, 5) is 11.9. The van der Waals surface area contributed by atoms with Gasteiger partial charge in [0.05, 0.1) is 17.5 Å². The zero-order chi connectivity index (χ0) is 14.5. The molecule has 106 valence electrons. The topological polar surface area (TPSA) is 93.2 Å². The Labute approximate surface area is 117 Å². The molecule has 1 aromatic carbocycles. The van der Waals surface area contributed by atoms with Gasteiger partial charge in [0.1, 0.15) is 0 Å². The molecule has 4 N–H and O–H groups in total. The molecule has 0 bridgehead atoms. The molecule has 6 heteroatoms. The Morgan fingerprint density at radius 3 is 2.90 bits per heavy atom. The number of benzene rings is 1. The molecule has 2 aromatic rings. The third-order valence-electron chi connectivity index (χ3n) is 2.85. The number of carbonyl (C=O) groups is 1. The van der Waals surface area contributed by atoms with Crippen LogP contribution in [-0.2, 0) is 0 Å². The number of nitrogens with two attached hydrogens (primary N) is 1. The molecule has 1 unspecified atom stereocenters. The summed E-state index contributed by atoms with van der Waals surface area (Å²) in [7, 11) is 0. The van der Waals surface area contributed by atoms with Crippen LogP contribution in [0.5, 0.6) is 0 Å². The van der Waals surface area contributed by atoms with Crippen LogP contribution in [0, 0.1) is 0 Å². The number of para-hydroxylation sites is 2. The Morgan fingerprint density at radius 2 is 2.20 bits per heavy atom. The zero-order valence-corrected chi connectivity index (χ0v) is 11.3. The molecule has 0 spiro atoms. The maximum Gasteiger partial charge on any atom is 0.271 e. The monoisotopic (exact) mass is 274 g/mol. The van der Waals surface area contributed by atoms with Crippen molar-refractivity contribution in [1.29, 1.82) is 0 Å². The summed E-state index contributed by atoms with van der Waals surface area (Å²) in [5.74, 6) is -0.265.